The van der Waals surface area contributed by atoms with Gasteiger partial charge in [-0.2, -0.15) is 5.01 Å². The normalized spacial score (nSPS) is 10.6. The third-order valence-electron chi connectivity index (χ3n) is 2.00. The van der Waals surface area contributed by atoms with Gasteiger partial charge in [0.15, 0.2) is 0 Å². The minimum absolute atomic E-state index is 0.253. The van der Waals surface area contributed by atoms with E-state index in [-0.39, 0.29) is 15.6 Å². The summed E-state index contributed by atoms with van der Waals surface area (Å²) in [6.07, 6.45) is 0. The number of nitrogens with one attached hydrogen (secondary N) is 1. The zero-order valence-corrected chi connectivity index (χ0v) is 10.3. The van der Waals surface area contributed by atoms with Gasteiger partial charge in [0.05, 0.1) is 15.1 Å². The molecule has 0 fully saturated rings. The lowest BCUT2D eigenvalue weighted by atomic mass is 10.3. The van der Waals surface area contributed by atoms with Crippen LogP contribution in [0, 0.1) is 15.0 Å². The molecular weight excluding hydrogens is 280 g/mol. The molecule has 1 N–H and O–H groups in total. The van der Waals surface area contributed by atoms with Crippen LogP contribution in [0.5, 0.6) is 0 Å². The first kappa shape index (κ1) is 14.5. The molecule has 0 saturated carbocycles. The fourth-order valence-corrected chi connectivity index (χ4v) is 2.00. The van der Waals surface area contributed by atoms with Crippen molar-refractivity contribution in [2.45, 2.75) is 4.90 Å². The first-order valence-electron chi connectivity index (χ1n) is 4.66. The number of urea groups is 1. The highest BCUT2D eigenvalue weighted by atomic mass is 32.2. The third kappa shape index (κ3) is 3.45. The highest BCUT2D eigenvalue weighted by Crippen LogP contribution is 2.15. The number of nitroso groups, excluding NO2 is 1. The van der Waals surface area contributed by atoms with E-state index in [2.05, 4.69) is 5.29 Å². The van der Waals surface area contributed by atoms with Crippen LogP contribution in [0.15, 0.2) is 34.4 Å². The van der Waals surface area contributed by atoms with Crippen molar-refractivity contribution in [3.63, 3.8) is 0 Å². The Morgan fingerprint density at radius 3 is 2.32 bits per heavy atom. The number of hydrogen-bond donors (Lipinski definition) is 1. The van der Waals surface area contributed by atoms with Gasteiger partial charge in [-0.3, -0.25) is 10.1 Å². The number of nitro groups is 1. The van der Waals surface area contributed by atoms with Crippen molar-refractivity contribution in [3.8, 4) is 0 Å². The summed E-state index contributed by atoms with van der Waals surface area (Å²) in [6.45, 7) is 0. The lowest BCUT2D eigenvalue weighted by Crippen LogP contribution is -2.37. The van der Waals surface area contributed by atoms with Gasteiger partial charge in [-0.25, -0.2) is 17.9 Å². The van der Waals surface area contributed by atoms with Crippen molar-refractivity contribution in [1.29, 1.82) is 0 Å². The Kier molecular flexibility index (Phi) is 4.11. The summed E-state index contributed by atoms with van der Waals surface area (Å²) in [4.78, 5) is 30.6. The van der Waals surface area contributed by atoms with Gasteiger partial charge in [0.1, 0.15) is 0 Å². The van der Waals surface area contributed by atoms with Crippen molar-refractivity contribution in [2.75, 3.05) is 7.05 Å². The molecule has 0 saturated heterocycles. The lowest BCUT2D eigenvalue weighted by molar-refractivity contribution is -0.384. The fourth-order valence-electron chi connectivity index (χ4n) is 1.02. The summed E-state index contributed by atoms with van der Waals surface area (Å²) in [6, 6.07) is 2.62. The van der Waals surface area contributed by atoms with E-state index in [9.17, 15) is 28.2 Å². The monoisotopic (exact) mass is 288 g/mol. The minimum atomic E-state index is -4.22. The number of benzene rings is 1. The number of sulfonamides is 1. The second-order valence-electron chi connectivity index (χ2n) is 3.27. The van der Waals surface area contributed by atoms with E-state index >= 15 is 0 Å². The molecule has 0 aromatic heterocycles. The second kappa shape index (κ2) is 5.39. The van der Waals surface area contributed by atoms with Crippen LogP contribution >= 0.6 is 0 Å². The Hall–Kier alpha value is -2.56. The quantitative estimate of drug-likeness (QED) is 0.489. The summed E-state index contributed by atoms with van der Waals surface area (Å²) >= 11 is 0. The topological polar surface area (TPSA) is 139 Å². The maximum absolute atomic E-state index is 11.7. The van der Waals surface area contributed by atoms with Crippen LogP contribution in [-0.4, -0.2) is 31.4 Å². The number of hydrogen-bond acceptors (Lipinski definition) is 7. The average Bonchev–Trinajstić information content (AvgIpc) is 2.37. The Bertz CT molecular complexity index is 611. The summed E-state index contributed by atoms with van der Waals surface area (Å²) < 4.78 is 24.9. The Morgan fingerprint density at radius 1 is 1.37 bits per heavy atom. The van der Waals surface area contributed by atoms with Crippen molar-refractivity contribution < 1.29 is 18.1 Å². The molecule has 0 heterocycles. The van der Waals surface area contributed by atoms with E-state index in [4.69, 9.17) is 0 Å². The number of carbonyl (C=O) groups excluding carboxylic acids is 1. The van der Waals surface area contributed by atoms with Crippen molar-refractivity contribution in [1.82, 2.24) is 9.73 Å². The van der Waals surface area contributed by atoms with Crippen molar-refractivity contribution >= 4 is 21.7 Å². The molecule has 2 amide bonds. The van der Waals surface area contributed by atoms with Gasteiger partial charge in [-0.15, -0.1) is 4.91 Å². The Labute approximate surface area is 107 Å². The van der Waals surface area contributed by atoms with Gasteiger partial charge in [-0.05, 0) is 12.1 Å². The zero-order valence-electron chi connectivity index (χ0n) is 9.51. The highest BCUT2D eigenvalue weighted by molar-refractivity contribution is 7.90. The first-order chi connectivity index (χ1) is 8.77. The molecule has 0 unspecified atom stereocenters. The van der Waals surface area contributed by atoms with Crippen molar-refractivity contribution in [2.24, 2.45) is 5.29 Å². The van der Waals surface area contributed by atoms with Gasteiger partial charge in [-0.1, -0.05) is 0 Å². The molecule has 1 rings (SSSR count). The standard InChI is InChI=1S/C8H8N4O6S/c1-11(10-14)8(13)9-19(17,18)7-4-2-6(3-5-7)12(15)16/h2-5H,1H3,(H,9,13). The SMILES string of the molecule is CN(N=O)C(=O)NS(=O)(=O)c1ccc([N+](=O)[O-])cc1. The van der Waals surface area contributed by atoms with Gasteiger partial charge >= 0.3 is 6.03 Å². The summed E-state index contributed by atoms with van der Waals surface area (Å²) in [7, 11) is -3.25. The number of nitro benzene ring substituents is 1. The van der Waals surface area contributed by atoms with Crippen LogP contribution in [0.1, 0.15) is 0 Å². The largest absolute Gasteiger partial charge is 0.354 e. The van der Waals surface area contributed by atoms with E-state index in [1.165, 1.54) is 0 Å². The molecule has 0 atom stereocenters. The van der Waals surface area contributed by atoms with Crippen LogP contribution in [-0.2, 0) is 10.0 Å². The molecule has 11 heteroatoms. The van der Waals surface area contributed by atoms with E-state index in [1.54, 1.807) is 4.72 Å². The molecule has 0 bridgehead atoms. The number of non-ortho nitro benzene ring substituents is 1. The fraction of sp³-hybridized carbons (Fsp3) is 0.125. The molecule has 1 aromatic carbocycles. The predicted octanol–water partition coefficient (Wildman–Crippen LogP) is 0.606. The molecule has 1 aromatic rings. The number of amides is 2. The van der Waals surface area contributed by atoms with Crippen molar-refractivity contribution in [3.05, 3.63) is 39.3 Å². The molecule has 0 spiro atoms. The van der Waals surface area contributed by atoms with Crippen LogP contribution in [0.2, 0.25) is 0 Å². The molecule has 19 heavy (non-hydrogen) atoms. The molecule has 102 valence electrons. The van der Waals surface area contributed by atoms with Crippen LogP contribution in [0.25, 0.3) is 0 Å². The smallest absolute Gasteiger partial charge is 0.258 e. The molecule has 10 nitrogen and oxygen atoms in total. The second-order valence-corrected chi connectivity index (χ2v) is 4.95. The third-order valence-corrected chi connectivity index (χ3v) is 3.33. The first-order valence-corrected chi connectivity index (χ1v) is 6.14. The molecular formula is C8H8N4O6S. The van der Waals surface area contributed by atoms with E-state index in [0.717, 1.165) is 31.3 Å². The van der Waals surface area contributed by atoms with Gasteiger partial charge in [0.25, 0.3) is 15.7 Å². The highest BCUT2D eigenvalue weighted by Gasteiger charge is 2.21. The predicted molar refractivity (Wildman–Crippen MR) is 62.4 cm³/mol. The Balaban J connectivity index is 2.98. The summed E-state index contributed by atoms with van der Waals surface area (Å²) in [5.74, 6) is 0. The van der Waals surface area contributed by atoms with Gasteiger partial charge in [0.2, 0.25) is 0 Å². The molecule has 0 aliphatic heterocycles. The van der Waals surface area contributed by atoms with Crippen LogP contribution in [0.3, 0.4) is 0 Å². The lowest BCUT2D eigenvalue weighted by Gasteiger charge is -2.09. The molecule has 0 radical (unpaired) electrons. The maximum atomic E-state index is 11.7. The van der Waals surface area contributed by atoms with Gasteiger partial charge < -0.3 is 0 Å². The summed E-state index contributed by atoms with van der Waals surface area (Å²) in [5.41, 5.74) is -0.294. The maximum Gasteiger partial charge on any atom is 0.354 e. The average molecular weight is 288 g/mol. The van der Waals surface area contributed by atoms with Crippen LogP contribution < -0.4 is 4.72 Å². The van der Waals surface area contributed by atoms with Gasteiger partial charge in [0, 0.05) is 19.2 Å². The van der Waals surface area contributed by atoms with E-state index < -0.39 is 21.0 Å². The zero-order chi connectivity index (χ0) is 14.6. The molecule has 0 aliphatic rings. The Morgan fingerprint density at radius 2 is 1.89 bits per heavy atom. The summed E-state index contributed by atoms with van der Waals surface area (Å²) in [5, 5.41) is 12.9. The number of rotatable bonds is 4. The van der Waals surface area contributed by atoms with E-state index in [0.29, 0.717) is 0 Å². The number of nitrogens with zero attached hydrogens (tertiary/aromatic N) is 3. The van der Waals surface area contributed by atoms with Crippen LogP contribution in [0.4, 0.5) is 10.5 Å². The minimum Gasteiger partial charge on any atom is -0.258 e. The number of carbonyl (C=O) groups is 1. The van der Waals surface area contributed by atoms with E-state index in [1.807, 2.05) is 0 Å². The molecule has 0 aliphatic carbocycles.